The van der Waals surface area contributed by atoms with E-state index in [1.165, 1.54) is 10.1 Å². The molecule has 0 fully saturated rings. The predicted molar refractivity (Wildman–Crippen MR) is 146 cm³/mol. The van der Waals surface area contributed by atoms with Crippen molar-refractivity contribution in [3.8, 4) is 0 Å². The number of benzene rings is 3. The monoisotopic (exact) mass is 550 g/mol. The van der Waals surface area contributed by atoms with Crippen LogP contribution in [0.5, 0.6) is 0 Å². The first-order valence-electron chi connectivity index (χ1n) is 11.4. The first-order valence-corrected chi connectivity index (χ1v) is 12.6. The molecular weight excluding hydrogens is 524 g/mol. The van der Waals surface area contributed by atoms with Crippen molar-refractivity contribution in [2.75, 3.05) is 20.1 Å². The van der Waals surface area contributed by atoms with Crippen molar-refractivity contribution >= 4 is 45.0 Å². The second kappa shape index (κ2) is 11.6. The van der Waals surface area contributed by atoms with Gasteiger partial charge < -0.3 is 15.2 Å². The van der Waals surface area contributed by atoms with Crippen molar-refractivity contribution in [2.45, 2.75) is 19.5 Å². The number of hydrogen-bond acceptors (Lipinski definition) is 4. The van der Waals surface area contributed by atoms with Crippen LogP contribution in [0.4, 0.5) is 0 Å². The molecule has 1 aromatic heterocycles. The van der Waals surface area contributed by atoms with E-state index in [0.29, 0.717) is 34.3 Å². The fourth-order valence-corrected chi connectivity index (χ4v) is 4.56. The van der Waals surface area contributed by atoms with Gasteiger partial charge in [-0.15, -0.1) is 0 Å². The summed E-state index contributed by atoms with van der Waals surface area (Å²) < 4.78 is 2.73. The summed E-state index contributed by atoms with van der Waals surface area (Å²) in [6, 6.07) is 23.1. The summed E-state index contributed by atoms with van der Waals surface area (Å²) in [6.45, 7) is 2.71. The van der Waals surface area contributed by atoms with Gasteiger partial charge in [-0.05, 0) is 73.7 Å². The van der Waals surface area contributed by atoms with E-state index in [2.05, 4.69) is 50.3 Å². The molecule has 180 valence electrons. The number of aromatic nitrogens is 2. The lowest BCUT2D eigenvalue weighted by atomic mass is 10.1. The minimum Gasteiger partial charge on any atom is -0.352 e. The molecule has 8 heteroatoms. The normalized spacial score (nSPS) is 11.2. The number of amides is 1. The molecule has 1 amide bonds. The van der Waals surface area contributed by atoms with E-state index in [0.717, 1.165) is 29.5 Å². The van der Waals surface area contributed by atoms with Crippen LogP contribution in [-0.2, 0) is 13.1 Å². The minimum atomic E-state index is -0.149. The van der Waals surface area contributed by atoms with Gasteiger partial charge in [0.25, 0.3) is 11.5 Å². The molecule has 4 aromatic rings. The molecule has 3 aromatic carbocycles. The second-order valence-corrected chi connectivity index (χ2v) is 9.84. The minimum absolute atomic E-state index is 0.104. The molecule has 0 unspecified atom stereocenters. The standard InChI is InChI=1S/C27H27BrN4O2S/c1-31(17-19-6-3-2-4-7-19)15-5-14-29-25(33)21-10-8-20(9-11-21)18-32-26(34)23-16-22(28)12-13-24(23)30-27(32)35/h2-4,6-13,16H,5,14-15,17-18H2,1H3,(H,29,33)(H,30,35). The molecule has 0 aliphatic heterocycles. The van der Waals surface area contributed by atoms with Gasteiger partial charge in [0.05, 0.1) is 17.4 Å². The number of carbonyl (C=O) groups is 1. The predicted octanol–water partition coefficient (Wildman–Crippen LogP) is 5.12. The molecule has 0 atom stereocenters. The van der Waals surface area contributed by atoms with Crippen LogP contribution in [-0.4, -0.2) is 40.5 Å². The molecule has 4 rings (SSSR count). The second-order valence-electron chi connectivity index (χ2n) is 8.54. The highest BCUT2D eigenvalue weighted by Gasteiger charge is 2.09. The molecule has 2 N–H and O–H groups in total. The number of nitrogens with one attached hydrogen (secondary N) is 2. The van der Waals surface area contributed by atoms with Gasteiger partial charge in [0.2, 0.25) is 0 Å². The number of aromatic amines is 1. The fourth-order valence-electron chi connectivity index (χ4n) is 3.94. The van der Waals surface area contributed by atoms with E-state index in [4.69, 9.17) is 12.2 Å². The molecule has 0 saturated carbocycles. The molecule has 0 saturated heterocycles. The fraction of sp³-hybridized carbons (Fsp3) is 0.222. The van der Waals surface area contributed by atoms with E-state index in [9.17, 15) is 9.59 Å². The first kappa shape index (κ1) is 25.0. The number of nitrogens with zero attached hydrogens (tertiary/aromatic N) is 2. The number of hydrogen-bond donors (Lipinski definition) is 2. The summed E-state index contributed by atoms with van der Waals surface area (Å²) in [7, 11) is 2.08. The van der Waals surface area contributed by atoms with Gasteiger partial charge in [0.1, 0.15) is 0 Å². The van der Waals surface area contributed by atoms with Crippen LogP contribution in [0.15, 0.2) is 82.1 Å². The van der Waals surface area contributed by atoms with Crippen molar-refractivity contribution in [3.05, 3.63) is 109 Å². The highest BCUT2D eigenvalue weighted by Crippen LogP contribution is 2.16. The molecule has 0 aliphatic rings. The van der Waals surface area contributed by atoms with E-state index >= 15 is 0 Å². The molecule has 0 aliphatic carbocycles. The Morgan fingerprint density at radius 1 is 1.06 bits per heavy atom. The average molecular weight is 552 g/mol. The summed E-state index contributed by atoms with van der Waals surface area (Å²) in [5.74, 6) is -0.104. The average Bonchev–Trinajstić information content (AvgIpc) is 2.86. The Balaban J connectivity index is 1.31. The third kappa shape index (κ3) is 6.54. The summed E-state index contributed by atoms with van der Waals surface area (Å²) in [4.78, 5) is 30.9. The maximum absolute atomic E-state index is 13.0. The highest BCUT2D eigenvalue weighted by molar-refractivity contribution is 9.10. The molecule has 6 nitrogen and oxygen atoms in total. The Morgan fingerprint density at radius 2 is 1.80 bits per heavy atom. The SMILES string of the molecule is CN(CCCNC(=O)c1ccc(Cn2c(=S)[nH]c3ccc(Br)cc3c2=O)cc1)Cc1ccccc1. The molecule has 1 heterocycles. The number of halogens is 1. The van der Waals surface area contributed by atoms with Gasteiger partial charge in [-0.1, -0.05) is 58.4 Å². The summed E-state index contributed by atoms with van der Waals surface area (Å²) in [6.07, 6.45) is 0.867. The van der Waals surface area contributed by atoms with Gasteiger partial charge in [-0.25, -0.2) is 0 Å². The Labute approximate surface area is 217 Å². The van der Waals surface area contributed by atoms with Gasteiger partial charge in [0.15, 0.2) is 4.77 Å². The van der Waals surface area contributed by atoms with Crippen LogP contribution >= 0.6 is 28.1 Å². The maximum atomic E-state index is 13.0. The molecular formula is C27H27BrN4O2S. The third-order valence-corrected chi connectivity index (χ3v) is 6.61. The van der Waals surface area contributed by atoms with Gasteiger partial charge in [-0.3, -0.25) is 14.2 Å². The molecule has 0 bridgehead atoms. The Morgan fingerprint density at radius 3 is 2.54 bits per heavy atom. The van der Waals surface area contributed by atoms with Crippen molar-refractivity contribution < 1.29 is 4.79 Å². The van der Waals surface area contributed by atoms with Crippen LogP contribution in [0.3, 0.4) is 0 Å². The van der Waals surface area contributed by atoms with E-state index < -0.39 is 0 Å². The Kier molecular flexibility index (Phi) is 8.28. The number of fused-ring (bicyclic) bond motifs is 1. The zero-order valence-corrected chi connectivity index (χ0v) is 21.9. The Hall–Kier alpha value is -3.07. The van der Waals surface area contributed by atoms with Crippen molar-refractivity contribution in [1.29, 1.82) is 0 Å². The van der Waals surface area contributed by atoms with E-state index in [1.807, 2.05) is 42.5 Å². The van der Waals surface area contributed by atoms with Crippen LogP contribution in [0.25, 0.3) is 10.9 Å². The van der Waals surface area contributed by atoms with Crippen molar-refractivity contribution in [3.63, 3.8) is 0 Å². The van der Waals surface area contributed by atoms with Crippen LogP contribution in [0.1, 0.15) is 27.9 Å². The largest absolute Gasteiger partial charge is 0.352 e. The molecule has 0 spiro atoms. The van der Waals surface area contributed by atoms with E-state index in [1.54, 1.807) is 18.2 Å². The smallest absolute Gasteiger partial charge is 0.262 e. The highest BCUT2D eigenvalue weighted by atomic mass is 79.9. The zero-order valence-electron chi connectivity index (χ0n) is 19.5. The van der Waals surface area contributed by atoms with Crippen molar-refractivity contribution in [2.24, 2.45) is 0 Å². The Bertz CT molecular complexity index is 1430. The van der Waals surface area contributed by atoms with Crippen molar-refractivity contribution in [1.82, 2.24) is 19.8 Å². The lowest BCUT2D eigenvalue weighted by molar-refractivity contribution is 0.0952. The quantitative estimate of drug-likeness (QED) is 0.224. The molecule has 0 radical (unpaired) electrons. The van der Waals surface area contributed by atoms with Gasteiger partial charge in [-0.2, -0.15) is 0 Å². The summed E-state index contributed by atoms with van der Waals surface area (Å²) >= 11 is 8.82. The van der Waals surface area contributed by atoms with Crippen LogP contribution in [0.2, 0.25) is 0 Å². The van der Waals surface area contributed by atoms with Crippen LogP contribution < -0.4 is 10.9 Å². The lowest BCUT2D eigenvalue weighted by Crippen LogP contribution is -2.28. The summed E-state index contributed by atoms with van der Waals surface area (Å²) in [5, 5.41) is 3.55. The third-order valence-electron chi connectivity index (χ3n) is 5.80. The molecule has 35 heavy (non-hydrogen) atoms. The number of carbonyl (C=O) groups excluding carboxylic acids is 1. The van der Waals surface area contributed by atoms with Gasteiger partial charge in [0, 0.05) is 23.1 Å². The maximum Gasteiger partial charge on any atom is 0.262 e. The topological polar surface area (TPSA) is 70.1 Å². The first-order chi connectivity index (χ1) is 16.9. The van der Waals surface area contributed by atoms with Crippen LogP contribution in [0, 0.1) is 4.77 Å². The lowest BCUT2D eigenvalue weighted by Gasteiger charge is -2.16. The van der Waals surface area contributed by atoms with Gasteiger partial charge >= 0.3 is 0 Å². The summed E-state index contributed by atoms with van der Waals surface area (Å²) in [5.41, 5.74) is 3.31. The number of rotatable bonds is 9. The van der Waals surface area contributed by atoms with E-state index in [-0.39, 0.29) is 11.5 Å². The number of H-pyrrole nitrogens is 1. The zero-order chi connectivity index (χ0) is 24.8.